The lowest BCUT2D eigenvalue weighted by Crippen LogP contribution is -2.47. The number of anilines is 1. The molecular weight excluding hydrogens is 294 g/mol. The van der Waals surface area contributed by atoms with Crippen molar-refractivity contribution in [3.8, 4) is 0 Å². The van der Waals surface area contributed by atoms with Gasteiger partial charge in [0.25, 0.3) is 0 Å². The highest BCUT2D eigenvalue weighted by atomic mass is 16.2. The Kier molecular flexibility index (Phi) is 3.45. The molecule has 0 atom stereocenters. The van der Waals surface area contributed by atoms with E-state index in [-0.39, 0.29) is 6.03 Å². The molecule has 2 aromatic heterocycles. The van der Waals surface area contributed by atoms with Crippen LogP contribution in [0.25, 0.3) is 0 Å². The second kappa shape index (κ2) is 5.62. The van der Waals surface area contributed by atoms with Crippen molar-refractivity contribution in [2.45, 2.75) is 19.5 Å². The molecule has 8 nitrogen and oxygen atoms in total. The SMILES string of the molecule is Cc1nccnc1CN1CC(n2cc(N3CCNC3=O)cn2)C1. The van der Waals surface area contributed by atoms with Crippen LogP contribution in [-0.4, -0.2) is 56.9 Å². The van der Waals surface area contributed by atoms with Gasteiger partial charge in [-0.15, -0.1) is 0 Å². The van der Waals surface area contributed by atoms with Gasteiger partial charge in [0.1, 0.15) is 0 Å². The Morgan fingerprint density at radius 1 is 1.30 bits per heavy atom. The van der Waals surface area contributed by atoms with Crippen LogP contribution in [0, 0.1) is 6.92 Å². The van der Waals surface area contributed by atoms with Crippen LogP contribution in [-0.2, 0) is 6.54 Å². The van der Waals surface area contributed by atoms with Crippen LogP contribution in [0.2, 0.25) is 0 Å². The lowest BCUT2D eigenvalue weighted by molar-refractivity contribution is 0.0892. The predicted octanol–water partition coefficient (Wildman–Crippen LogP) is 0.568. The molecule has 2 fully saturated rings. The van der Waals surface area contributed by atoms with Crippen molar-refractivity contribution >= 4 is 11.7 Å². The van der Waals surface area contributed by atoms with Crippen molar-refractivity contribution in [2.75, 3.05) is 31.1 Å². The molecule has 2 saturated heterocycles. The average Bonchev–Trinajstić information content (AvgIpc) is 3.12. The Morgan fingerprint density at radius 2 is 2.13 bits per heavy atom. The summed E-state index contributed by atoms with van der Waals surface area (Å²) in [6.45, 7) is 6.07. The third-order valence-electron chi connectivity index (χ3n) is 4.42. The molecule has 23 heavy (non-hydrogen) atoms. The number of aryl methyl sites for hydroxylation is 1. The first-order valence-corrected chi connectivity index (χ1v) is 7.79. The quantitative estimate of drug-likeness (QED) is 0.892. The minimum Gasteiger partial charge on any atom is -0.336 e. The number of rotatable bonds is 4. The minimum atomic E-state index is -0.0436. The molecule has 0 bridgehead atoms. The van der Waals surface area contributed by atoms with Crippen LogP contribution < -0.4 is 10.2 Å². The molecular formula is C15H19N7O. The third-order valence-corrected chi connectivity index (χ3v) is 4.42. The van der Waals surface area contributed by atoms with Gasteiger partial charge >= 0.3 is 6.03 Å². The van der Waals surface area contributed by atoms with Gasteiger partial charge < -0.3 is 5.32 Å². The minimum absolute atomic E-state index is 0.0436. The van der Waals surface area contributed by atoms with Crippen LogP contribution in [0.3, 0.4) is 0 Å². The maximum Gasteiger partial charge on any atom is 0.322 e. The van der Waals surface area contributed by atoms with E-state index in [9.17, 15) is 4.79 Å². The standard InChI is InChI=1S/C15H19N7O/c1-11-14(17-3-2-16-11)10-20-7-13(8-20)22-9-12(6-19-22)21-5-4-18-15(21)23/h2-3,6,9,13H,4-5,7-8,10H2,1H3,(H,18,23). The van der Waals surface area contributed by atoms with Gasteiger partial charge in [-0.3, -0.25) is 24.4 Å². The van der Waals surface area contributed by atoms with Crippen molar-refractivity contribution in [1.29, 1.82) is 0 Å². The van der Waals surface area contributed by atoms with Crippen molar-refractivity contribution in [2.24, 2.45) is 0 Å². The first kappa shape index (κ1) is 14.1. The van der Waals surface area contributed by atoms with Crippen LogP contribution in [0.15, 0.2) is 24.8 Å². The second-order valence-electron chi connectivity index (χ2n) is 6.00. The average molecular weight is 313 g/mol. The molecule has 0 aliphatic carbocycles. The van der Waals surface area contributed by atoms with Crippen LogP contribution in [0.4, 0.5) is 10.5 Å². The molecule has 2 amide bonds. The van der Waals surface area contributed by atoms with Gasteiger partial charge in [-0.2, -0.15) is 5.10 Å². The Hall–Kier alpha value is -2.48. The van der Waals surface area contributed by atoms with E-state index in [1.807, 2.05) is 17.8 Å². The number of amides is 2. The van der Waals surface area contributed by atoms with Gasteiger partial charge in [0.2, 0.25) is 0 Å². The molecule has 0 spiro atoms. The molecule has 2 aliphatic heterocycles. The maximum absolute atomic E-state index is 11.7. The van der Waals surface area contributed by atoms with Crippen molar-refractivity contribution < 1.29 is 4.79 Å². The number of urea groups is 1. The van der Waals surface area contributed by atoms with E-state index in [0.29, 0.717) is 19.1 Å². The molecule has 4 heterocycles. The van der Waals surface area contributed by atoms with E-state index in [4.69, 9.17) is 0 Å². The summed E-state index contributed by atoms with van der Waals surface area (Å²) in [7, 11) is 0. The van der Waals surface area contributed by atoms with Crippen LogP contribution in [0.5, 0.6) is 0 Å². The molecule has 2 aliphatic rings. The molecule has 2 aromatic rings. The lowest BCUT2D eigenvalue weighted by atomic mass is 10.1. The molecule has 0 radical (unpaired) electrons. The monoisotopic (exact) mass is 313 g/mol. The van der Waals surface area contributed by atoms with Crippen molar-refractivity contribution in [3.63, 3.8) is 0 Å². The molecule has 8 heteroatoms. The van der Waals surface area contributed by atoms with Gasteiger partial charge in [0, 0.05) is 51.3 Å². The zero-order chi connectivity index (χ0) is 15.8. The molecule has 0 unspecified atom stereocenters. The zero-order valence-corrected chi connectivity index (χ0v) is 13.0. The number of aromatic nitrogens is 4. The number of likely N-dealkylation sites (tertiary alicyclic amines) is 1. The summed E-state index contributed by atoms with van der Waals surface area (Å²) < 4.78 is 1.96. The lowest BCUT2D eigenvalue weighted by Gasteiger charge is -2.39. The Labute approximate surface area is 134 Å². The number of carbonyl (C=O) groups excluding carboxylic acids is 1. The Balaban J connectivity index is 1.36. The van der Waals surface area contributed by atoms with E-state index < -0.39 is 0 Å². The molecule has 120 valence electrons. The van der Waals surface area contributed by atoms with E-state index in [0.717, 1.165) is 36.7 Å². The van der Waals surface area contributed by atoms with Gasteiger partial charge in [-0.1, -0.05) is 0 Å². The Bertz CT molecular complexity index is 722. The topological polar surface area (TPSA) is 79.2 Å². The van der Waals surface area contributed by atoms with E-state index in [1.165, 1.54) is 0 Å². The summed E-state index contributed by atoms with van der Waals surface area (Å²) in [5, 5.41) is 7.22. The first-order valence-electron chi connectivity index (χ1n) is 7.79. The van der Waals surface area contributed by atoms with E-state index in [2.05, 4.69) is 25.3 Å². The summed E-state index contributed by atoms with van der Waals surface area (Å²) in [6, 6.07) is 0.310. The molecule has 0 aromatic carbocycles. The third kappa shape index (κ3) is 2.65. The predicted molar refractivity (Wildman–Crippen MR) is 84.1 cm³/mol. The number of hydrogen-bond donors (Lipinski definition) is 1. The van der Waals surface area contributed by atoms with Gasteiger partial charge in [-0.25, -0.2) is 4.79 Å². The molecule has 1 N–H and O–H groups in total. The highest BCUT2D eigenvalue weighted by Crippen LogP contribution is 2.25. The number of nitrogens with one attached hydrogen (secondary N) is 1. The van der Waals surface area contributed by atoms with E-state index >= 15 is 0 Å². The van der Waals surface area contributed by atoms with Gasteiger partial charge in [0.15, 0.2) is 0 Å². The zero-order valence-electron chi connectivity index (χ0n) is 13.0. The fourth-order valence-corrected chi connectivity index (χ4v) is 3.03. The number of nitrogens with zero attached hydrogens (tertiary/aromatic N) is 6. The highest BCUT2D eigenvalue weighted by molar-refractivity contribution is 5.93. The van der Waals surface area contributed by atoms with Crippen LogP contribution in [0.1, 0.15) is 17.4 Å². The fourth-order valence-electron chi connectivity index (χ4n) is 3.03. The summed E-state index contributed by atoms with van der Waals surface area (Å²) in [5.74, 6) is 0. The molecule has 4 rings (SSSR count). The number of hydrogen-bond acceptors (Lipinski definition) is 5. The fraction of sp³-hybridized carbons (Fsp3) is 0.467. The van der Waals surface area contributed by atoms with Crippen molar-refractivity contribution in [1.82, 2.24) is 30.0 Å². The normalized spacial score (nSPS) is 19.0. The van der Waals surface area contributed by atoms with Gasteiger partial charge in [-0.05, 0) is 6.92 Å². The second-order valence-corrected chi connectivity index (χ2v) is 6.00. The smallest absolute Gasteiger partial charge is 0.322 e. The molecule has 0 saturated carbocycles. The largest absolute Gasteiger partial charge is 0.336 e. The summed E-state index contributed by atoms with van der Waals surface area (Å²) in [4.78, 5) is 24.4. The summed E-state index contributed by atoms with van der Waals surface area (Å²) in [5.41, 5.74) is 2.88. The first-order chi connectivity index (χ1) is 11.2. The Morgan fingerprint density at radius 3 is 2.87 bits per heavy atom. The van der Waals surface area contributed by atoms with Gasteiger partial charge in [0.05, 0.1) is 29.3 Å². The highest BCUT2D eigenvalue weighted by Gasteiger charge is 2.30. The maximum atomic E-state index is 11.7. The van der Waals surface area contributed by atoms with Crippen molar-refractivity contribution in [3.05, 3.63) is 36.2 Å². The van der Waals surface area contributed by atoms with Crippen LogP contribution >= 0.6 is 0 Å². The summed E-state index contributed by atoms with van der Waals surface area (Å²) >= 11 is 0. The van der Waals surface area contributed by atoms with E-state index in [1.54, 1.807) is 23.5 Å². The number of carbonyl (C=O) groups is 1. The summed E-state index contributed by atoms with van der Waals surface area (Å²) in [6.07, 6.45) is 7.18.